The molecule has 0 aromatic rings. The predicted octanol–water partition coefficient (Wildman–Crippen LogP) is 2.16. The van der Waals surface area contributed by atoms with Gasteiger partial charge in [-0.25, -0.2) is 0 Å². The standard InChI is InChI=1S/C3H5Br.C3H6O/c1-2-3-4;1-3(2)4/h2H,1,3H2;1-2H3. The Morgan fingerprint density at radius 1 is 1.75 bits per heavy atom. The number of Topliss-reactive ketones (excluding diaryl/α,β-unsaturated/α-hetero) is 1. The van der Waals surface area contributed by atoms with E-state index in [1.54, 1.807) is 6.08 Å². The zero-order chi connectivity index (χ0) is 6.99. The van der Waals surface area contributed by atoms with Gasteiger partial charge in [-0.1, -0.05) is 22.0 Å². The van der Waals surface area contributed by atoms with Crippen LogP contribution in [0.5, 0.6) is 0 Å². The fraction of sp³-hybridized carbons (Fsp3) is 0.500. The monoisotopic (exact) mass is 178 g/mol. The molecule has 0 heterocycles. The van der Waals surface area contributed by atoms with Crippen molar-refractivity contribution in [1.82, 2.24) is 0 Å². The summed E-state index contributed by atoms with van der Waals surface area (Å²) in [5.74, 6) is 0.167. The normalized spacial score (nSPS) is 6.38. The fourth-order valence-electron chi connectivity index (χ4n) is 0. The average Bonchev–Trinajstić information content (AvgIpc) is 1.65. The third kappa shape index (κ3) is 178. The van der Waals surface area contributed by atoms with E-state index in [0.717, 1.165) is 5.33 Å². The summed E-state index contributed by atoms with van der Waals surface area (Å²) in [7, 11) is 0. The van der Waals surface area contributed by atoms with Crippen LogP contribution < -0.4 is 0 Å². The molecule has 0 aromatic heterocycles. The van der Waals surface area contributed by atoms with Gasteiger partial charge in [-0.15, -0.1) is 6.58 Å². The van der Waals surface area contributed by atoms with Crippen LogP contribution in [0.1, 0.15) is 13.8 Å². The summed E-state index contributed by atoms with van der Waals surface area (Å²) in [5.41, 5.74) is 0. The van der Waals surface area contributed by atoms with Gasteiger partial charge in [0.05, 0.1) is 0 Å². The average molecular weight is 179 g/mol. The molecule has 0 unspecified atom stereocenters. The molecule has 48 valence electrons. The first-order chi connectivity index (χ1) is 3.65. The maximum absolute atomic E-state index is 9.44. The smallest absolute Gasteiger partial charge is 0.126 e. The predicted molar refractivity (Wildman–Crippen MR) is 40.3 cm³/mol. The van der Waals surface area contributed by atoms with E-state index in [2.05, 4.69) is 22.5 Å². The Labute approximate surface area is 58.9 Å². The third-order valence-electron chi connectivity index (χ3n) is 0.109. The molecule has 0 aliphatic carbocycles. The summed E-state index contributed by atoms with van der Waals surface area (Å²) in [6, 6.07) is 0. The highest BCUT2D eigenvalue weighted by atomic mass is 79.9. The van der Waals surface area contributed by atoms with Crippen molar-refractivity contribution in [3.63, 3.8) is 0 Å². The van der Waals surface area contributed by atoms with Crippen LogP contribution in [-0.4, -0.2) is 11.1 Å². The Kier molecular flexibility index (Phi) is 13.5. The van der Waals surface area contributed by atoms with E-state index in [0.29, 0.717) is 0 Å². The number of alkyl halides is 1. The molecule has 0 amide bonds. The number of hydrogen-bond acceptors (Lipinski definition) is 1. The highest BCUT2D eigenvalue weighted by molar-refractivity contribution is 9.09. The Morgan fingerprint density at radius 2 is 1.88 bits per heavy atom. The minimum absolute atomic E-state index is 0.167. The van der Waals surface area contributed by atoms with Crippen molar-refractivity contribution in [2.24, 2.45) is 0 Å². The highest BCUT2D eigenvalue weighted by Gasteiger charge is 1.62. The highest BCUT2D eigenvalue weighted by Crippen LogP contribution is 1.73. The number of hydrogen-bond donors (Lipinski definition) is 0. The second-order valence-electron chi connectivity index (χ2n) is 1.35. The van der Waals surface area contributed by atoms with Gasteiger partial charge in [-0.3, -0.25) is 0 Å². The number of rotatable bonds is 1. The largest absolute Gasteiger partial charge is 0.300 e. The number of halogens is 1. The molecule has 0 aliphatic heterocycles. The molecule has 0 aromatic carbocycles. The summed E-state index contributed by atoms with van der Waals surface area (Å²) in [6.07, 6.45) is 1.79. The van der Waals surface area contributed by atoms with E-state index >= 15 is 0 Å². The van der Waals surface area contributed by atoms with E-state index in [1.165, 1.54) is 13.8 Å². The first-order valence-electron chi connectivity index (χ1n) is 2.29. The van der Waals surface area contributed by atoms with E-state index in [4.69, 9.17) is 0 Å². The Bertz CT molecular complexity index is 64.9. The zero-order valence-corrected chi connectivity index (χ0v) is 6.86. The van der Waals surface area contributed by atoms with Crippen molar-refractivity contribution in [3.8, 4) is 0 Å². The Balaban J connectivity index is 0. The molecule has 0 saturated carbocycles. The van der Waals surface area contributed by atoms with Crippen molar-refractivity contribution in [2.75, 3.05) is 5.33 Å². The molecule has 0 fully saturated rings. The summed E-state index contributed by atoms with van der Waals surface area (Å²) in [4.78, 5) is 9.44. The van der Waals surface area contributed by atoms with E-state index in [9.17, 15) is 4.79 Å². The van der Waals surface area contributed by atoms with Crippen molar-refractivity contribution in [1.29, 1.82) is 0 Å². The van der Waals surface area contributed by atoms with Crippen molar-refractivity contribution < 1.29 is 4.79 Å². The van der Waals surface area contributed by atoms with Gasteiger partial charge in [0.25, 0.3) is 0 Å². The quantitative estimate of drug-likeness (QED) is 0.445. The maximum atomic E-state index is 9.44. The summed E-state index contributed by atoms with van der Waals surface area (Å²) in [6.45, 7) is 6.49. The lowest BCUT2D eigenvalue weighted by Crippen LogP contribution is -1.69. The summed E-state index contributed by atoms with van der Waals surface area (Å²) < 4.78 is 0. The molecule has 0 spiro atoms. The fourth-order valence-corrected chi connectivity index (χ4v) is 0. The first kappa shape index (κ1) is 10.8. The van der Waals surface area contributed by atoms with Crippen LogP contribution in [0.25, 0.3) is 0 Å². The number of ketones is 1. The van der Waals surface area contributed by atoms with Gasteiger partial charge < -0.3 is 4.79 Å². The second-order valence-corrected chi connectivity index (χ2v) is 2.00. The van der Waals surface area contributed by atoms with Crippen LogP contribution in [0.2, 0.25) is 0 Å². The third-order valence-corrected chi connectivity index (χ3v) is 0.567. The molecule has 0 rings (SSSR count). The van der Waals surface area contributed by atoms with Crippen LogP contribution in [0, 0.1) is 0 Å². The van der Waals surface area contributed by atoms with E-state index in [1.807, 2.05) is 0 Å². The van der Waals surface area contributed by atoms with Crippen molar-refractivity contribution in [3.05, 3.63) is 12.7 Å². The lowest BCUT2D eigenvalue weighted by atomic mass is 10.6. The SMILES string of the molecule is C=CCBr.CC(C)=O. The van der Waals surface area contributed by atoms with Crippen molar-refractivity contribution in [2.45, 2.75) is 13.8 Å². The molecule has 2 heteroatoms. The van der Waals surface area contributed by atoms with E-state index in [-0.39, 0.29) is 5.78 Å². The number of allylic oxidation sites excluding steroid dienone is 1. The van der Waals surface area contributed by atoms with Crippen LogP contribution in [0.3, 0.4) is 0 Å². The van der Waals surface area contributed by atoms with Gasteiger partial charge in [-0.2, -0.15) is 0 Å². The molecule has 0 N–H and O–H groups in total. The van der Waals surface area contributed by atoms with Gasteiger partial charge in [0, 0.05) is 5.33 Å². The maximum Gasteiger partial charge on any atom is 0.126 e. The van der Waals surface area contributed by atoms with Crippen LogP contribution in [0.4, 0.5) is 0 Å². The molecule has 0 bridgehead atoms. The molecule has 0 radical (unpaired) electrons. The molecular weight excluding hydrogens is 168 g/mol. The van der Waals surface area contributed by atoms with Gasteiger partial charge >= 0.3 is 0 Å². The minimum Gasteiger partial charge on any atom is -0.300 e. The first-order valence-corrected chi connectivity index (χ1v) is 3.41. The molecular formula is C6H11BrO. The van der Waals surface area contributed by atoms with Gasteiger partial charge in [0.1, 0.15) is 5.78 Å². The van der Waals surface area contributed by atoms with Crippen molar-refractivity contribution >= 4 is 21.7 Å². The summed E-state index contributed by atoms with van der Waals surface area (Å²) in [5, 5.41) is 0.896. The van der Waals surface area contributed by atoms with E-state index < -0.39 is 0 Å². The van der Waals surface area contributed by atoms with Gasteiger partial charge in [0.15, 0.2) is 0 Å². The van der Waals surface area contributed by atoms with Gasteiger partial charge in [0.2, 0.25) is 0 Å². The number of carbonyl (C=O) groups excluding carboxylic acids is 1. The zero-order valence-electron chi connectivity index (χ0n) is 5.28. The summed E-state index contributed by atoms with van der Waals surface area (Å²) >= 11 is 3.13. The molecule has 8 heavy (non-hydrogen) atoms. The van der Waals surface area contributed by atoms with Crippen LogP contribution >= 0.6 is 15.9 Å². The van der Waals surface area contributed by atoms with Gasteiger partial charge in [-0.05, 0) is 13.8 Å². The lowest BCUT2D eigenvalue weighted by molar-refractivity contribution is -0.114. The number of carbonyl (C=O) groups is 1. The molecule has 0 aliphatic rings. The second kappa shape index (κ2) is 10.00. The molecule has 0 saturated heterocycles. The lowest BCUT2D eigenvalue weighted by Gasteiger charge is -1.56. The molecule has 0 atom stereocenters. The van der Waals surface area contributed by atoms with Crippen LogP contribution in [-0.2, 0) is 4.79 Å². The van der Waals surface area contributed by atoms with Crippen LogP contribution in [0.15, 0.2) is 12.7 Å². The Hall–Kier alpha value is -0.110. The minimum atomic E-state index is 0.167. The Morgan fingerprint density at radius 3 is 1.88 bits per heavy atom. The topological polar surface area (TPSA) is 17.1 Å². The molecule has 1 nitrogen and oxygen atoms in total.